The average molecular weight is 291 g/mol. The minimum absolute atomic E-state index is 0.00367. The van der Waals surface area contributed by atoms with Gasteiger partial charge >= 0.3 is 0 Å². The first-order chi connectivity index (χ1) is 9.52. The van der Waals surface area contributed by atoms with Crippen molar-refractivity contribution >= 4 is 20.8 Å². The molecule has 0 radical (unpaired) electrons. The van der Waals surface area contributed by atoms with E-state index in [-0.39, 0.29) is 6.04 Å². The topological polar surface area (TPSA) is 37.4 Å². The van der Waals surface area contributed by atoms with Gasteiger partial charge in [-0.1, -0.05) is 50.2 Å². The molecule has 0 bridgehead atoms. The Morgan fingerprint density at radius 1 is 1.05 bits per heavy atom. The van der Waals surface area contributed by atoms with Crippen molar-refractivity contribution in [2.45, 2.75) is 38.1 Å². The van der Waals surface area contributed by atoms with E-state index >= 15 is 0 Å². The van der Waals surface area contributed by atoms with Crippen LogP contribution < -0.4 is 0 Å². The molecule has 3 nitrogen and oxygen atoms in total. The summed E-state index contributed by atoms with van der Waals surface area (Å²) in [7, 11) is -3.46. The molecule has 0 aliphatic rings. The van der Waals surface area contributed by atoms with E-state index in [1.807, 2.05) is 51.1 Å². The van der Waals surface area contributed by atoms with Gasteiger partial charge in [-0.3, -0.25) is 0 Å². The van der Waals surface area contributed by atoms with E-state index in [1.165, 1.54) is 0 Å². The lowest BCUT2D eigenvalue weighted by Crippen LogP contribution is -2.38. The molecule has 4 heteroatoms. The van der Waals surface area contributed by atoms with Gasteiger partial charge in [0, 0.05) is 18.0 Å². The summed E-state index contributed by atoms with van der Waals surface area (Å²) in [5.74, 6) is 0. The molecule has 2 rings (SSSR count). The number of hydrogen-bond acceptors (Lipinski definition) is 2. The second kappa shape index (κ2) is 5.94. The van der Waals surface area contributed by atoms with Crippen LogP contribution in [0.4, 0.5) is 0 Å². The summed E-state index contributed by atoms with van der Waals surface area (Å²) < 4.78 is 27.4. The number of fused-ring (bicyclic) bond motifs is 1. The SMILES string of the molecule is CCC(C)N(CC)S(=O)(=O)c1cccc2ccccc12. The van der Waals surface area contributed by atoms with Gasteiger partial charge in [0.2, 0.25) is 10.0 Å². The standard InChI is InChI=1S/C16H21NO2S/c1-4-13(3)17(5-2)20(18,19)16-12-8-10-14-9-6-7-11-15(14)16/h6-13H,4-5H2,1-3H3. The Hall–Kier alpha value is -1.39. The van der Waals surface area contributed by atoms with Crippen molar-refractivity contribution < 1.29 is 8.42 Å². The van der Waals surface area contributed by atoms with E-state index in [9.17, 15) is 8.42 Å². The molecule has 0 aromatic heterocycles. The highest BCUT2D eigenvalue weighted by molar-refractivity contribution is 7.89. The molecule has 1 unspecified atom stereocenters. The van der Waals surface area contributed by atoms with E-state index in [4.69, 9.17) is 0 Å². The lowest BCUT2D eigenvalue weighted by atomic mass is 10.1. The molecule has 0 amide bonds. The average Bonchev–Trinajstić information content (AvgIpc) is 2.46. The summed E-state index contributed by atoms with van der Waals surface area (Å²) in [4.78, 5) is 0.401. The number of rotatable bonds is 5. The van der Waals surface area contributed by atoms with E-state index in [0.29, 0.717) is 11.4 Å². The molecule has 0 spiro atoms. The molecule has 0 saturated carbocycles. The lowest BCUT2D eigenvalue weighted by Gasteiger charge is -2.26. The van der Waals surface area contributed by atoms with Gasteiger partial charge in [0.25, 0.3) is 0 Å². The molecule has 2 aromatic rings. The molecular weight excluding hydrogens is 270 g/mol. The fourth-order valence-corrected chi connectivity index (χ4v) is 4.40. The highest BCUT2D eigenvalue weighted by Gasteiger charge is 2.28. The fourth-order valence-electron chi connectivity index (χ4n) is 2.47. The van der Waals surface area contributed by atoms with Crippen LogP contribution in [0.25, 0.3) is 10.8 Å². The molecular formula is C16H21NO2S. The van der Waals surface area contributed by atoms with Crippen molar-refractivity contribution in [1.82, 2.24) is 4.31 Å². The maximum Gasteiger partial charge on any atom is 0.243 e. The van der Waals surface area contributed by atoms with Crippen LogP contribution in [0.3, 0.4) is 0 Å². The Kier molecular flexibility index (Phi) is 4.45. The summed E-state index contributed by atoms with van der Waals surface area (Å²) in [5, 5.41) is 1.74. The van der Waals surface area contributed by atoms with Gasteiger partial charge in [0.1, 0.15) is 0 Å². The number of hydrogen-bond donors (Lipinski definition) is 0. The second-order valence-corrected chi connectivity index (χ2v) is 6.80. The summed E-state index contributed by atoms with van der Waals surface area (Å²) in [6.07, 6.45) is 0.803. The van der Waals surface area contributed by atoms with E-state index in [2.05, 4.69) is 0 Å². The van der Waals surface area contributed by atoms with Gasteiger partial charge in [0.15, 0.2) is 0 Å². The smallest absolute Gasteiger partial charge is 0.207 e. The van der Waals surface area contributed by atoms with Crippen LogP contribution in [0.15, 0.2) is 47.4 Å². The van der Waals surface area contributed by atoms with Gasteiger partial charge in [-0.25, -0.2) is 8.42 Å². The Morgan fingerprint density at radius 3 is 2.35 bits per heavy atom. The number of benzene rings is 2. The normalized spacial score (nSPS) is 13.8. The Balaban J connectivity index is 2.62. The van der Waals surface area contributed by atoms with Crippen molar-refractivity contribution in [2.24, 2.45) is 0 Å². The van der Waals surface area contributed by atoms with Crippen molar-refractivity contribution in [1.29, 1.82) is 0 Å². The first kappa shape index (κ1) is 15.0. The van der Waals surface area contributed by atoms with Crippen LogP contribution in [0.1, 0.15) is 27.2 Å². The zero-order valence-electron chi connectivity index (χ0n) is 12.2. The largest absolute Gasteiger partial charge is 0.243 e. The molecule has 0 heterocycles. The second-order valence-electron chi connectivity index (χ2n) is 4.94. The van der Waals surface area contributed by atoms with Crippen LogP contribution in [0.5, 0.6) is 0 Å². The van der Waals surface area contributed by atoms with Crippen LogP contribution in [-0.2, 0) is 10.0 Å². The van der Waals surface area contributed by atoms with Gasteiger partial charge in [-0.15, -0.1) is 0 Å². The van der Waals surface area contributed by atoms with Gasteiger partial charge in [0.05, 0.1) is 4.90 Å². The molecule has 20 heavy (non-hydrogen) atoms. The van der Waals surface area contributed by atoms with Crippen molar-refractivity contribution in [3.8, 4) is 0 Å². The summed E-state index contributed by atoms with van der Waals surface area (Å²) >= 11 is 0. The zero-order chi connectivity index (χ0) is 14.8. The monoisotopic (exact) mass is 291 g/mol. The third-order valence-corrected chi connectivity index (χ3v) is 5.88. The maximum atomic E-state index is 12.9. The highest BCUT2D eigenvalue weighted by atomic mass is 32.2. The van der Waals surface area contributed by atoms with Gasteiger partial charge in [-0.2, -0.15) is 4.31 Å². The molecule has 0 N–H and O–H groups in total. The van der Waals surface area contributed by atoms with E-state index < -0.39 is 10.0 Å². The summed E-state index contributed by atoms with van der Waals surface area (Å²) in [5.41, 5.74) is 0. The minimum Gasteiger partial charge on any atom is -0.207 e. The lowest BCUT2D eigenvalue weighted by molar-refractivity contribution is 0.343. The quantitative estimate of drug-likeness (QED) is 0.843. The third kappa shape index (κ3) is 2.58. The predicted octanol–water partition coefficient (Wildman–Crippen LogP) is 3.65. The molecule has 0 saturated heterocycles. The van der Waals surface area contributed by atoms with Crippen molar-refractivity contribution in [2.75, 3.05) is 6.54 Å². The van der Waals surface area contributed by atoms with Crippen molar-refractivity contribution in [3.63, 3.8) is 0 Å². The molecule has 0 fully saturated rings. The molecule has 0 aliphatic carbocycles. The van der Waals surface area contributed by atoms with Gasteiger partial charge < -0.3 is 0 Å². The molecule has 108 valence electrons. The highest BCUT2D eigenvalue weighted by Crippen LogP contribution is 2.27. The van der Waals surface area contributed by atoms with E-state index in [1.54, 1.807) is 16.4 Å². The van der Waals surface area contributed by atoms with Crippen LogP contribution >= 0.6 is 0 Å². The molecule has 0 aliphatic heterocycles. The predicted molar refractivity (Wildman–Crippen MR) is 83.3 cm³/mol. The van der Waals surface area contributed by atoms with E-state index in [0.717, 1.165) is 17.2 Å². The third-order valence-electron chi connectivity index (χ3n) is 3.73. The van der Waals surface area contributed by atoms with Gasteiger partial charge in [-0.05, 0) is 24.8 Å². The fraction of sp³-hybridized carbons (Fsp3) is 0.375. The Bertz CT molecular complexity index is 689. The molecule has 1 atom stereocenters. The first-order valence-corrected chi connectivity index (χ1v) is 8.46. The Morgan fingerprint density at radius 2 is 1.70 bits per heavy atom. The Labute approximate surface area is 121 Å². The zero-order valence-corrected chi connectivity index (χ0v) is 13.0. The first-order valence-electron chi connectivity index (χ1n) is 7.02. The number of sulfonamides is 1. The van der Waals surface area contributed by atoms with Crippen LogP contribution in [0.2, 0.25) is 0 Å². The minimum atomic E-state index is -3.46. The molecule has 2 aromatic carbocycles. The van der Waals surface area contributed by atoms with Crippen LogP contribution in [0, 0.1) is 0 Å². The summed E-state index contributed by atoms with van der Waals surface area (Å²) in [6.45, 7) is 6.33. The number of nitrogens with zero attached hydrogens (tertiary/aromatic N) is 1. The van der Waals surface area contributed by atoms with Crippen molar-refractivity contribution in [3.05, 3.63) is 42.5 Å². The maximum absolute atomic E-state index is 12.9. The summed E-state index contributed by atoms with van der Waals surface area (Å²) in [6, 6.07) is 13.0. The van der Waals surface area contributed by atoms with Crippen LogP contribution in [-0.4, -0.2) is 25.3 Å².